The van der Waals surface area contributed by atoms with E-state index in [-0.39, 0.29) is 20.6 Å². The summed E-state index contributed by atoms with van der Waals surface area (Å²) in [5.41, 5.74) is 5.73. The largest absolute Gasteiger partial charge is 0.402 e. The average molecular weight is 347 g/mol. The third-order valence-corrected chi connectivity index (χ3v) is 4.88. The van der Waals surface area contributed by atoms with E-state index >= 15 is 0 Å². The van der Waals surface area contributed by atoms with Gasteiger partial charge < -0.3 is 10.8 Å². The Balaban J connectivity index is 3.36. The first-order chi connectivity index (χ1) is 9.49. The molecule has 0 amide bonds. The molecule has 1 rings (SSSR count). The molecule has 0 atom stereocenters. The molecule has 0 aliphatic carbocycles. The molecule has 0 aromatic heterocycles. The van der Waals surface area contributed by atoms with Crippen LogP contribution in [0.1, 0.15) is 5.56 Å². The standard InChI is InChI=1S/C11H14ClF3N2O3S/c1-7-9(16)4-8(12)5-10(7)21(19,20)17(2-3-18)6-11(13,14)15/h4-5,18H,2-3,6,16H2,1H3. The van der Waals surface area contributed by atoms with Crippen LogP contribution in [-0.4, -0.2) is 43.7 Å². The van der Waals surface area contributed by atoms with Crippen molar-refractivity contribution in [3.8, 4) is 0 Å². The summed E-state index contributed by atoms with van der Waals surface area (Å²) >= 11 is 5.71. The summed E-state index contributed by atoms with van der Waals surface area (Å²) in [4.78, 5) is -0.412. The van der Waals surface area contributed by atoms with Gasteiger partial charge in [-0.05, 0) is 24.6 Å². The summed E-state index contributed by atoms with van der Waals surface area (Å²) in [5.74, 6) is 0. The number of aliphatic hydroxyl groups excluding tert-OH is 1. The predicted molar refractivity (Wildman–Crippen MR) is 72.5 cm³/mol. The van der Waals surface area contributed by atoms with Gasteiger partial charge in [-0.25, -0.2) is 8.42 Å². The minimum absolute atomic E-state index is 0.00682. The summed E-state index contributed by atoms with van der Waals surface area (Å²) < 4.78 is 62.3. The van der Waals surface area contributed by atoms with Gasteiger partial charge in [0, 0.05) is 17.3 Å². The van der Waals surface area contributed by atoms with Crippen molar-refractivity contribution >= 4 is 27.3 Å². The lowest BCUT2D eigenvalue weighted by Gasteiger charge is -2.23. The Hall–Kier alpha value is -1.03. The van der Waals surface area contributed by atoms with Crippen LogP contribution in [0.5, 0.6) is 0 Å². The van der Waals surface area contributed by atoms with Gasteiger partial charge >= 0.3 is 6.18 Å². The number of benzene rings is 1. The third kappa shape index (κ3) is 4.47. The number of alkyl halides is 3. The zero-order valence-electron chi connectivity index (χ0n) is 11.0. The number of anilines is 1. The molecule has 1 aromatic carbocycles. The maximum atomic E-state index is 12.5. The van der Waals surface area contributed by atoms with Crippen molar-refractivity contribution in [3.05, 3.63) is 22.7 Å². The maximum absolute atomic E-state index is 12.5. The smallest absolute Gasteiger partial charge is 0.398 e. The molecular formula is C11H14ClF3N2O3S. The molecule has 0 heterocycles. The van der Waals surface area contributed by atoms with Gasteiger partial charge in [-0.3, -0.25) is 0 Å². The molecule has 3 N–H and O–H groups in total. The molecule has 0 radical (unpaired) electrons. The van der Waals surface area contributed by atoms with E-state index in [0.717, 1.165) is 6.07 Å². The second kappa shape index (κ2) is 6.39. The Morgan fingerprint density at radius 1 is 1.38 bits per heavy atom. The number of rotatable bonds is 5. The van der Waals surface area contributed by atoms with Crippen LogP contribution in [0.4, 0.5) is 18.9 Å². The van der Waals surface area contributed by atoms with Crippen molar-refractivity contribution < 1.29 is 26.7 Å². The molecule has 0 saturated heterocycles. The van der Waals surface area contributed by atoms with E-state index in [0.29, 0.717) is 0 Å². The van der Waals surface area contributed by atoms with E-state index in [9.17, 15) is 21.6 Å². The van der Waals surface area contributed by atoms with E-state index < -0.39 is 40.8 Å². The molecule has 0 bridgehead atoms. The fourth-order valence-electron chi connectivity index (χ4n) is 1.68. The van der Waals surface area contributed by atoms with Gasteiger partial charge in [-0.15, -0.1) is 0 Å². The van der Waals surface area contributed by atoms with Gasteiger partial charge in [0.2, 0.25) is 10.0 Å². The first-order valence-corrected chi connectivity index (χ1v) is 7.54. The van der Waals surface area contributed by atoms with Crippen molar-refractivity contribution in [2.45, 2.75) is 18.0 Å². The van der Waals surface area contributed by atoms with Crippen LogP contribution in [0.25, 0.3) is 0 Å². The fraction of sp³-hybridized carbons (Fsp3) is 0.455. The van der Waals surface area contributed by atoms with Gasteiger partial charge in [0.1, 0.15) is 6.54 Å². The first kappa shape index (κ1) is 18.0. The number of hydrogen-bond donors (Lipinski definition) is 2. The highest BCUT2D eigenvalue weighted by Gasteiger charge is 2.37. The Morgan fingerprint density at radius 2 is 1.95 bits per heavy atom. The molecule has 0 fully saturated rings. The molecule has 0 unspecified atom stereocenters. The van der Waals surface area contributed by atoms with E-state index in [1.807, 2.05) is 0 Å². The highest BCUT2D eigenvalue weighted by molar-refractivity contribution is 7.89. The van der Waals surface area contributed by atoms with Gasteiger partial charge in [-0.1, -0.05) is 11.6 Å². The van der Waals surface area contributed by atoms with Crippen molar-refractivity contribution in [2.75, 3.05) is 25.4 Å². The highest BCUT2D eigenvalue weighted by atomic mass is 35.5. The van der Waals surface area contributed by atoms with Crippen molar-refractivity contribution in [2.24, 2.45) is 0 Å². The zero-order chi connectivity index (χ0) is 16.4. The van der Waals surface area contributed by atoms with Crippen LogP contribution in [0, 0.1) is 6.92 Å². The number of hydrogen-bond acceptors (Lipinski definition) is 4. The normalized spacial score (nSPS) is 12.9. The zero-order valence-corrected chi connectivity index (χ0v) is 12.6. The molecule has 0 aliphatic rings. The highest BCUT2D eigenvalue weighted by Crippen LogP contribution is 2.29. The fourth-order valence-corrected chi connectivity index (χ4v) is 3.67. The number of sulfonamides is 1. The molecule has 1 aromatic rings. The van der Waals surface area contributed by atoms with Crippen LogP contribution < -0.4 is 5.73 Å². The molecule has 5 nitrogen and oxygen atoms in total. The lowest BCUT2D eigenvalue weighted by molar-refractivity contribution is -0.136. The van der Waals surface area contributed by atoms with Crippen LogP contribution in [0.3, 0.4) is 0 Å². The van der Waals surface area contributed by atoms with Crippen LogP contribution in [-0.2, 0) is 10.0 Å². The molecule has 21 heavy (non-hydrogen) atoms. The number of halogens is 4. The third-order valence-electron chi connectivity index (χ3n) is 2.69. The van der Waals surface area contributed by atoms with Crippen LogP contribution >= 0.6 is 11.6 Å². The average Bonchev–Trinajstić information content (AvgIpc) is 2.31. The number of nitrogens with zero attached hydrogens (tertiary/aromatic N) is 1. The monoisotopic (exact) mass is 346 g/mol. The number of nitrogens with two attached hydrogens (primary N) is 1. The number of nitrogen functional groups attached to an aromatic ring is 1. The summed E-state index contributed by atoms with van der Waals surface area (Å²) in [6.45, 7) is -1.77. The topological polar surface area (TPSA) is 83.6 Å². The Morgan fingerprint density at radius 3 is 2.43 bits per heavy atom. The lowest BCUT2D eigenvalue weighted by Crippen LogP contribution is -2.40. The first-order valence-electron chi connectivity index (χ1n) is 5.72. The maximum Gasteiger partial charge on any atom is 0.402 e. The predicted octanol–water partition coefficient (Wildman–Crippen LogP) is 1.78. The van der Waals surface area contributed by atoms with Crippen LogP contribution in [0.2, 0.25) is 5.02 Å². The molecular weight excluding hydrogens is 333 g/mol. The molecule has 120 valence electrons. The van der Waals surface area contributed by atoms with E-state index in [1.165, 1.54) is 13.0 Å². The Bertz CT molecular complexity index is 620. The van der Waals surface area contributed by atoms with Crippen molar-refractivity contribution in [1.82, 2.24) is 4.31 Å². The summed E-state index contributed by atoms with van der Waals surface area (Å²) in [5, 5.41) is 8.79. The van der Waals surface area contributed by atoms with Crippen LogP contribution in [0.15, 0.2) is 17.0 Å². The van der Waals surface area contributed by atoms with Gasteiger partial charge in [0.15, 0.2) is 0 Å². The van der Waals surface area contributed by atoms with Gasteiger partial charge in [0.25, 0.3) is 0 Å². The second-order valence-electron chi connectivity index (χ2n) is 4.30. The van der Waals surface area contributed by atoms with E-state index in [2.05, 4.69) is 0 Å². The summed E-state index contributed by atoms with van der Waals surface area (Å²) in [7, 11) is -4.48. The SMILES string of the molecule is Cc1c(N)cc(Cl)cc1S(=O)(=O)N(CCO)CC(F)(F)F. The molecule has 0 spiro atoms. The van der Waals surface area contributed by atoms with E-state index in [1.54, 1.807) is 0 Å². The second-order valence-corrected chi connectivity index (χ2v) is 6.64. The summed E-state index contributed by atoms with van der Waals surface area (Å²) in [6.07, 6.45) is -4.74. The van der Waals surface area contributed by atoms with E-state index in [4.69, 9.17) is 22.4 Å². The van der Waals surface area contributed by atoms with Gasteiger partial charge in [0.05, 0.1) is 11.5 Å². The molecule has 0 aliphatic heterocycles. The minimum atomic E-state index is -4.74. The molecule has 10 heteroatoms. The quantitative estimate of drug-likeness (QED) is 0.796. The Labute approximate surface area is 125 Å². The van der Waals surface area contributed by atoms with Crippen molar-refractivity contribution in [1.29, 1.82) is 0 Å². The van der Waals surface area contributed by atoms with Crippen molar-refractivity contribution in [3.63, 3.8) is 0 Å². The van der Waals surface area contributed by atoms with Gasteiger partial charge in [-0.2, -0.15) is 17.5 Å². The summed E-state index contributed by atoms with van der Waals surface area (Å²) in [6, 6.07) is 2.33. The number of aliphatic hydroxyl groups is 1. The lowest BCUT2D eigenvalue weighted by atomic mass is 10.2. The molecule has 0 saturated carbocycles. The minimum Gasteiger partial charge on any atom is -0.398 e. The Kier molecular flexibility index (Phi) is 5.48.